The first-order chi connectivity index (χ1) is 15.7. The van der Waals surface area contributed by atoms with Gasteiger partial charge in [0.05, 0.1) is 24.8 Å². The van der Waals surface area contributed by atoms with Crippen molar-refractivity contribution in [3.63, 3.8) is 0 Å². The predicted octanol–water partition coefficient (Wildman–Crippen LogP) is 3.23. The van der Waals surface area contributed by atoms with E-state index in [9.17, 15) is 27.2 Å². The average Bonchev–Trinajstić information content (AvgIpc) is 3.19. The van der Waals surface area contributed by atoms with Gasteiger partial charge >= 0.3 is 6.18 Å². The van der Waals surface area contributed by atoms with E-state index >= 15 is 0 Å². The van der Waals surface area contributed by atoms with Crippen molar-refractivity contribution in [1.82, 2.24) is 24.6 Å². The van der Waals surface area contributed by atoms with E-state index in [1.54, 1.807) is 12.1 Å². The first-order valence-electron chi connectivity index (χ1n) is 9.83. The van der Waals surface area contributed by atoms with Gasteiger partial charge in [-0.3, -0.25) is 14.2 Å². The van der Waals surface area contributed by atoms with E-state index in [0.29, 0.717) is 11.2 Å². The second-order valence-corrected chi connectivity index (χ2v) is 7.25. The van der Waals surface area contributed by atoms with E-state index in [0.717, 1.165) is 18.2 Å². The summed E-state index contributed by atoms with van der Waals surface area (Å²) in [5.74, 6) is -1.07. The van der Waals surface area contributed by atoms with Crippen molar-refractivity contribution in [3.05, 3.63) is 93.9 Å². The van der Waals surface area contributed by atoms with Crippen LogP contribution in [0, 0.1) is 5.82 Å². The van der Waals surface area contributed by atoms with Crippen LogP contribution >= 0.6 is 0 Å². The number of nitrogens with zero attached hydrogens (tertiary/aromatic N) is 4. The highest BCUT2D eigenvalue weighted by molar-refractivity contribution is 5.94. The maximum absolute atomic E-state index is 13.4. The minimum absolute atomic E-state index is 0.0555. The molecule has 2 heterocycles. The highest BCUT2D eigenvalue weighted by Crippen LogP contribution is 2.29. The molecule has 0 spiro atoms. The highest BCUT2D eigenvalue weighted by Gasteiger charge is 2.30. The van der Waals surface area contributed by atoms with Gasteiger partial charge in [-0.2, -0.15) is 18.3 Å². The van der Waals surface area contributed by atoms with Gasteiger partial charge < -0.3 is 5.32 Å². The summed E-state index contributed by atoms with van der Waals surface area (Å²) in [5.41, 5.74) is -0.490. The zero-order valence-corrected chi connectivity index (χ0v) is 17.0. The van der Waals surface area contributed by atoms with Gasteiger partial charge in [0.25, 0.3) is 11.5 Å². The number of hydrogen-bond acceptors (Lipinski definition) is 4. The normalized spacial score (nSPS) is 11.6. The minimum Gasteiger partial charge on any atom is -0.350 e. The van der Waals surface area contributed by atoms with Crippen molar-refractivity contribution in [2.45, 2.75) is 19.3 Å². The Labute approximate surface area is 184 Å². The molecule has 0 aliphatic carbocycles. The summed E-state index contributed by atoms with van der Waals surface area (Å²) in [6.45, 7) is 0.340. The van der Waals surface area contributed by atoms with Crippen LogP contribution in [0.1, 0.15) is 21.5 Å². The fourth-order valence-corrected chi connectivity index (χ4v) is 3.32. The summed E-state index contributed by atoms with van der Waals surface area (Å²) in [5, 5.41) is 6.89. The fraction of sp³-hybridized carbons (Fsp3) is 0.182. The Bertz CT molecular complexity index is 1380. The molecule has 1 N–H and O–H groups in total. The summed E-state index contributed by atoms with van der Waals surface area (Å²) in [6, 6.07) is 10.00. The molecule has 0 bridgehead atoms. The number of carbonyl (C=O) groups excluding carboxylic acids is 1. The molecular weight excluding hydrogens is 442 g/mol. The Morgan fingerprint density at radius 3 is 2.64 bits per heavy atom. The van der Waals surface area contributed by atoms with E-state index < -0.39 is 23.5 Å². The third kappa shape index (κ3) is 4.92. The van der Waals surface area contributed by atoms with Crippen molar-refractivity contribution >= 4 is 16.9 Å². The van der Waals surface area contributed by atoms with Crippen LogP contribution < -0.4 is 10.9 Å². The topological polar surface area (TPSA) is 81.8 Å². The maximum Gasteiger partial charge on any atom is 0.416 e. The van der Waals surface area contributed by atoms with Crippen LogP contribution in [-0.4, -0.2) is 31.8 Å². The lowest BCUT2D eigenvalue weighted by atomic mass is 10.1. The van der Waals surface area contributed by atoms with Gasteiger partial charge in [0.1, 0.15) is 17.5 Å². The van der Waals surface area contributed by atoms with Crippen molar-refractivity contribution < 1.29 is 22.4 Å². The molecule has 0 aliphatic heterocycles. The van der Waals surface area contributed by atoms with Crippen LogP contribution in [0.25, 0.3) is 11.0 Å². The van der Waals surface area contributed by atoms with Crippen molar-refractivity contribution in [1.29, 1.82) is 0 Å². The van der Waals surface area contributed by atoms with E-state index in [1.165, 1.54) is 40.0 Å². The van der Waals surface area contributed by atoms with Crippen LogP contribution in [-0.2, 0) is 19.3 Å². The third-order valence-electron chi connectivity index (χ3n) is 4.93. The standard InChI is InChI=1S/C22H17F4N5O2/c23-17-6-1-3-14(9-17)12-30-13-28-19-18(21(30)33)11-29-31(19)8-7-27-20(32)15-4-2-5-16(10-15)22(24,25)26/h1-6,9-11,13H,7-8,12H2,(H,27,32). The second kappa shape index (κ2) is 8.85. The number of alkyl halides is 3. The molecule has 170 valence electrons. The number of halogens is 4. The van der Waals surface area contributed by atoms with Crippen molar-refractivity contribution in [2.24, 2.45) is 0 Å². The van der Waals surface area contributed by atoms with Crippen LogP contribution in [0.4, 0.5) is 17.6 Å². The van der Waals surface area contributed by atoms with Gasteiger partial charge in [0, 0.05) is 12.1 Å². The summed E-state index contributed by atoms with van der Waals surface area (Å²) in [4.78, 5) is 29.2. The number of nitrogens with one attached hydrogen (secondary N) is 1. The monoisotopic (exact) mass is 459 g/mol. The molecule has 0 saturated heterocycles. The van der Waals surface area contributed by atoms with E-state index in [2.05, 4.69) is 15.4 Å². The molecule has 4 aromatic rings. The molecule has 0 atom stereocenters. The average molecular weight is 459 g/mol. The van der Waals surface area contributed by atoms with E-state index in [-0.39, 0.29) is 36.1 Å². The van der Waals surface area contributed by atoms with Gasteiger partial charge in [-0.25, -0.2) is 14.1 Å². The Balaban J connectivity index is 1.44. The first-order valence-corrected chi connectivity index (χ1v) is 9.83. The number of fused-ring (bicyclic) bond motifs is 1. The van der Waals surface area contributed by atoms with Gasteiger partial charge in [0.2, 0.25) is 0 Å². The van der Waals surface area contributed by atoms with Gasteiger partial charge in [-0.1, -0.05) is 18.2 Å². The number of benzene rings is 2. The number of carbonyl (C=O) groups is 1. The third-order valence-corrected chi connectivity index (χ3v) is 4.93. The first kappa shape index (κ1) is 22.2. The van der Waals surface area contributed by atoms with Crippen molar-refractivity contribution in [2.75, 3.05) is 6.54 Å². The van der Waals surface area contributed by atoms with Crippen LogP contribution in [0.2, 0.25) is 0 Å². The number of amides is 1. The molecule has 11 heteroatoms. The van der Waals surface area contributed by atoms with E-state index in [1.807, 2.05) is 0 Å². The SMILES string of the molecule is O=C(NCCn1ncc2c(=O)n(Cc3cccc(F)c3)cnc21)c1cccc(C(F)(F)F)c1. The summed E-state index contributed by atoms with van der Waals surface area (Å²) in [6.07, 6.45) is -1.87. The van der Waals surface area contributed by atoms with E-state index in [4.69, 9.17) is 0 Å². The van der Waals surface area contributed by atoms with Crippen LogP contribution in [0.5, 0.6) is 0 Å². The molecule has 0 saturated carbocycles. The van der Waals surface area contributed by atoms with Gasteiger partial charge in [-0.05, 0) is 35.9 Å². The number of aromatic nitrogens is 4. The Morgan fingerprint density at radius 1 is 1.09 bits per heavy atom. The minimum atomic E-state index is -4.54. The Morgan fingerprint density at radius 2 is 1.88 bits per heavy atom. The van der Waals surface area contributed by atoms with Gasteiger partial charge in [0.15, 0.2) is 5.65 Å². The Kier molecular flexibility index (Phi) is 5.95. The number of rotatable bonds is 6. The lowest BCUT2D eigenvalue weighted by Gasteiger charge is -2.10. The quantitative estimate of drug-likeness (QED) is 0.449. The zero-order chi connectivity index (χ0) is 23.6. The summed E-state index contributed by atoms with van der Waals surface area (Å²) >= 11 is 0. The molecule has 0 aliphatic rings. The molecule has 0 unspecified atom stereocenters. The molecular formula is C22H17F4N5O2. The smallest absolute Gasteiger partial charge is 0.350 e. The molecule has 7 nitrogen and oxygen atoms in total. The summed E-state index contributed by atoms with van der Waals surface area (Å²) in [7, 11) is 0. The summed E-state index contributed by atoms with van der Waals surface area (Å²) < 4.78 is 54.6. The maximum atomic E-state index is 13.4. The largest absolute Gasteiger partial charge is 0.416 e. The lowest BCUT2D eigenvalue weighted by molar-refractivity contribution is -0.137. The van der Waals surface area contributed by atoms with Crippen molar-refractivity contribution in [3.8, 4) is 0 Å². The Hall–Kier alpha value is -4.02. The fourth-order valence-electron chi connectivity index (χ4n) is 3.32. The molecule has 1 amide bonds. The molecule has 33 heavy (non-hydrogen) atoms. The second-order valence-electron chi connectivity index (χ2n) is 7.25. The van der Waals surface area contributed by atoms with Crippen LogP contribution in [0.3, 0.4) is 0 Å². The number of hydrogen-bond donors (Lipinski definition) is 1. The zero-order valence-electron chi connectivity index (χ0n) is 17.0. The van der Waals surface area contributed by atoms with Gasteiger partial charge in [-0.15, -0.1) is 0 Å². The highest BCUT2D eigenvalue weighted by atomic mass is 19.4. The predicted molar refractivity (Wildman–Crippen MR) is 111 cm³/mol. The lowest BCUT2D eigenvalue weighted by Crippen LogP contribution is -2.28. The molecule has 2 aromatic heterocycles. The molecule has 4 rings (SSSR count). The molecule has 2 aromatic carbocycles. The molecule has 0 radical (unpaired) electrons. The molecule has 0 fully saturated rings. The van der Waals surface area contributed by atoms with Crippen LogP contribution in [0.15, 0.2) is 65.8 Å².